The number of nitriles is 2. The SMILES string of the molecule is CCCCCCCCC1(CCCCCCCC)c2cc(-c3ccc(C#N)cc3)ccc2-c2ccc(-c3ccc(C#N)cc3)cc21. The third kappa shape index (κ3) is 7.40. The number of rotatable bonds is 16. The molecule has 0 heterocycles. The highest BCUT2D eigenvalue weighted by atomic mass is 14.5. The van der Waals surface area contributed by atoms with Crippen molar-refractivity contribution >= 4 is 0 Å². The number of fused-ring (bicyclic) bond motifs is 3. The van der Waals surface area contributed by atoms with Crippen LogP contribution in [-0.4, -0.2) is 0 Å². The fourth-order valence-corrected chi connectivity index (χ4v) is 7.41. The van der Waals surface area contributed by atoms with Gasteiger partial charge in [0.2, 0.25) is 0 Å². The molecule has 1 aliphatic carbocycles. The van der Waals surface area contributed by atoms with E-state index in [-0.39, 0.29) is 5.41 Å². The van der Waals surface area contributed by atoms with Crippen molar-refractivity contribution in [1.29, 1.82) is 10.5 Å². The maximum absolute atomic E-state index is 9.36. The first-order chi connectivity index (χ1) is 22.1. The fourth-order valence-electron chi connectivity index (χ4n) is 7.41. The lowest BCUT2D eigenvalue weighted by molar-refractivity contribution is 0.398. The largest absolute Gasteiger partial charge is 0.192 e. The Morgan fingerprint density at radius 1 is 0.444 bits per heavy atom. The lowest BCUT2D eigenvalue weighted by Gasteiger charge is -2.33. The first-order valence-electron chi connectivity index (χ1n) is 17.4. The standard InChI is InChI=1S/C43H48N2/c1-3-5-7-9-11-13-27-43(28-14-12-10-8-6-4-2)41-29-37(35-19-15-33(31-44)16-20-35)23-25-39(41)40-26-24-38(30-42(40)43)36-21-17-34(32-45)18-22-36/h15-26,29-30H,3-14,27-28H2,1-2H3. The zero-order valence-electron chi connectivity index (χ0n) is 27.4. The Bertz CT molecular complexity index is 1500. The Morgan fingerprint density at radius 2 is 0.800 bits per heavy atom. The third-order valence-electron chi connectivity index (χ3n) is 9.97. The Balaban J connectivity index is 1.57. The van der Waals surface area contributed by atoms with E-state index >= 15 is 0 Å². The van der Waals surface area contributed by atoms with Gasteiger partial charge in [0.15, 0.2) is 0 Å². The first-order valence-corrected chi connectivity index (χ1v) is 17.4. The second kappa shape index (κ2) is 15.7. The number of hydrogen-bond donors (Lipinski definition) is 0. The molecule has 0 atom stereocenters. The molecule has 0 aliphatic heterocycles. The van der Waals surface area contributed by atoms with Gasteiger partial charge in [-0.25, -0.2) is 0 Å². The van der Waals surface area contributed by atoms with Gasteiger partial charge >= 0.3 is 0 Å². The summed E-state index contributed by atoms with van der Waals surface area (Å²) < 4.78 is 0. The summed E-state index contributed by atoms with van der Waals surface area (Å²) in [5.41, 5.74) is 11.9. The smallest absolute Gasteiger partial charge is 0.0991 e. The van der Waals surface area contributed by atoms with Gasteiger partial charge in [-0.15, -0.1) is 0 Å². The van der Waals surface area contributed by atoms with Crippen molar-refractivity contribution in [3.63, 3.8) is 0 Å². The molecule has 0 saturated heterocycles. The summed E-state index contributed by atoms with van der Waals surface area (Å²) in [7, 11) is 0. The van der Waals surface area contributed by atoms with Gasteiger partial charge in [0.1, 0.15) is 0 Å². The van der Waals surface area contributed by atoms with E-state index in [1.165, 1.54) is 134 Å². The quantitative estimate of drug-likeness (QED) is 0.121. The predicted molar refractivity (Wildman–Crippen MR) is 189 cm³/mol. The number of nitrogens with zero attached hydrogens (tertiary/aromatic N) is 2. The van der Waals surface area contributed by atoms with E-state index in [2.05, 4.69) is 86.6 Å². The number of benzene rings is 4. The molecule has 0 radical (unpaired) electrons. The third-order valence-corrected chi connectivity index (χ3v) is 9.97. The molecule has 0 fully saturated rings. The summed E-state index contributed by atoms with van der Waals surface area (Å²) in [6.07, 6.45) is 17.9. The molecule has 1 aliphatic rings. The summed E-state index contributed by atoms with van der Waals surface area (Å²) in [5, 5.41) is 18.7. The van der Waals surface area contributed by atoms with E-state index in [0.717, 1.165) is 0 Å². The maximum atomic E-state index is 9.36. The molecule has 45 heavy (non-hydrogen) atoms. The van der Waals surface area contributed by atoms with Crippen molar-refractivity contribution in [2.75, 3.05) is 0 Å². The van der Waals surface area contributed by atoms with Crippen LogP contribution in [-0.2, 0) is 5.41 Å². The van der Waals surface area contributed by atoms with Gasteiger partial charge in [-0.1, -0.05) is 139 Å². The van der Waals surface area contributed by atoms with Gasteiger partial charge < -0.3 is 0 Å². The Kier molecular flexibility index (Phi) is 11.3. The first kappa shape index (κ1) is 32.3. The van der Waals surface area contributed by atoms with Gasteiger partial charge in [-0.05, 0) is 93.7 Å². The minimum Gasteiger partial charge on any atom is -0.192 e. The van der Waals surface area contributed by atoms with Gasteiger partial charge in [-0.2, -0.15) is 10.5 Å². The summed E-state index contributed by atoms with van der Waals surface area (Å²) in [5.74, 6) is 0. The van der Waals surface area contributed by atoms with E-state index < -0.39 is 0 Å². The molecule has 2 heteroatoms. The number of unbranched alkanes of at least 4 members (excludes halogenated alkanes) is 10. The molecule has 0 bridgehead atoms. The zero-order valence-corrected chi connectivity index (χ0v) is 27.4. The van der Waals surface area contributed by atoms with Crippen LogP contribution in [0.2, 0.25) is 0 Å². The summed E-state index contributed by atoms with van der Waals surface area (Å²) in [4.78, 5) is 0. The van der Waals surface area contributed by atoms with Crippen molar-refractivity contribution < 1.29 is 0 Å². The Hall–Kier alpha value is -4.14. The Labute approximate surface area is 271 Å². The molecule has 0 amide bonds. The predicted octanol–water partition coefficient (Wildman–Crippen LogP) is 12.5. The highest BCUT2D eigenvalue weighted by Crippen LogP contribution is 2.55. The van der Waals surface area contributed by atoms with E-state index in [1.54, 1.807) is 0 Å². The van der Waals surface area contributed by atoms with Crippen molar-refractivity contribution in [2.45, 2.75) is 109 Å². The average molecular weight is 593 g/mol. The van der Waals surface area contributed by atoms with Gasteiger partial charge in [-0.3, -0.25) is 0 Å². The molecule has 0 N–H and O–H groups in total. The number of hydrogen-bond acceptors (Lipinski definition) is 2. The minimum absolute atomic E-state index is 0.0224. The van der Waals surface area contributed by atoms with E-state index in [0.29, 0.717) is 11.1 Å². The molecule has 4 aromatic rings. The van der Waals surface area contributed by atoms with Crippen molar-refractivity contribution in [1.82, 2.24) is 0 Å². The lowest BCUT2D eigenvalue weighted by Crippen LogP contribution is -2.25. The molecular formula is C43H48N2. The van der Waals surface area contributed by atoms with Crippen LogP contribution in [0.5, 0.6) is 0 Å². The molecule has 0 spiro atoms. The van der Waals surface area contributed by atoms with Gasteiger partial charge in [0, 0.05) is 5.41 Å². The second-order valence-corrected chi connectivity index (χ2v) is 13.0. The molecule has 230 valence electrons. The molecular weight excluding hydrogens is 544 g/mol. The lowest BCUT2D eigenvalue weighted by atomic mass is 9.70. The van der Waals surface area contributed by atoms with Crippen LogP contribution in [0.1, 0.15) is 126 Å². The fraction of sp³-hybridized carbons (Fsp3) is 0.395. The molecule has 0 saturated carbocycles. The van der Waals surface area contributed by atoms with E-state index in [4.69, 9.17) is 0 Å². The van der Waals surface area contributed by atoms with Crippen LogP contribution in [0.15, 0.2) is 84.9 Å². The van der Waals surface area contributed by atoms with Crippen molar-refractivity contribution in [3.8, 4) is 45.5 Å². The monoisotopic (exact) mass is 592 g/mol. The average Bonchev–Trinajstić information content (AvgIpc) is 3.36. The molecule has 0 unspecified atom stereocenters. The van der Waals surface area contributed by atoms with Crippen LogP contribution in [0.25, 0.3) is 33.4 Å². The van der Waals surface area contributed by atoms with Gasteiger partial charge in [0.05, 0.1) is 23.3 Å². The summed E-state index contributed by atoms with van der Waals surface area (Å²) >= 11 is 0. The minimum atomic E-state index is -0.0224. The summed E-state index contributed by atoms with van der Waals surface area (Å²) in [6, 6.07) is 34.8. The highest BCUT2D eigenvalue weighted by molar-refractivity contribution is 5.86. The van der Waals surface area contributed by atoms with Crippen molar-refractivity contribution in [3.05, 3.63) is 107 Å². The van der Waals surface area contributed by atoms with Crippen LogP contribution >= 0.6 is 0 Å². The second-order valence-electron chi connectivity index (χ2n) is 13.0. The van der Waals surface area contributed by atoms with Crippen LogP contribution in [0.3, 0.4) is 0 Å². The molecule has 0 aromatic heterocycles. The zero-order chi connectivity index (χ0) is 31.5. The topological polar surface area (TPSA) is 47.6 Å². The van der Waals surface area contributed by atoms with Crippen LogP contribution < -0.4 is 0 Å². The van der Waals surface area contributed by atoms with Gasteiger partial charge in [0.25, 0.3) is 0 Å². The normalized spacial score (nSPS) is 12.7. The summed E-state index contributed by atoms with van der Waals surface area (Å²) in [6.45, 7) is 4.58. The molecule has 4 aromatic carbocycles. The van der Waals surface area contributed by atoms with Crippen LogP contribution in [0, 0.1) is 22.7 Å². The van der Waals surface area contributed by atoms with Crippen molar-refractivity contribution in [2.24, 2.45) is 0 Å². The molecule has 5 rings (SSSR count). The Morgan fingerprint density at radius 3 is 1.18 bits per heavy atom. The van der Waals surface area contributed by atoms with Crippen LogP contribution in [0.4, 0.5) is 0 Å². The highest BCUT2D eigenvalue weighted by Gasteiger charge is 2.42. The van der Waals surface area contributed by atoms with E-state index in [9.17, 15) is 10.5 Å². The molecule has 2 nitrogen and oxygen atoms in total. The van der Waals surface area contributed by atoms with E-state index in [1.807, 2.05) is 24.3 Å². The maximum Gasteiger partial charge on any atom is 0.0991 e.